The first-order valence-corrected chi connectivity index (χ1v) is 11.8. The van der Waals surface area contributed by atoms with E-state index >= 15 is 0 Å². The van der Waals surface area contributed by atoms with Crippen molar-refractivity contribution in [3.63, 3.8) is 0 Å². The van der Waals surface area contributed by atoms with Crippen LogP contribution in [0.25, 0.3) is 22.1 Å². The van der Waals surface area contributed by atoms with Crippen molar-refractivity contribution in [1.29, 1.82) is 0 Å². The van der Waals surface area contributed by atoms with Crippen LogP contribution in [-0.4, -0.2) is 30.2 Å². The summed E-state index contributed by atoms with van der Waals surface area (Å²) in [6.45, 7) is 5.88. The highest BCUT2D eigenvalue weighted by atomic mass is 35.5. The number of hydrogen-bond donors (Lipinski definition) is 2. The van der Waals surface area contributed by atoms with Gasteiger partial charge in [0.2, 0.25) is 0 Å². The Kier molecular flexibility index (Phi) is 5.73. The molecule has 2 N–H and O–H groups in total. The van der Waals surface area contributed by atoms with Gasteiger partial charge in [0.1, 0.15) is 0 Å². The van der Waals surface area contributed by atoms with Crippen LogP contribution in [0, 0.1) is 13.8 Å². The molecule has 35 heavy (non-hydrogen) atoms. The number of imidazole rings is 1. The fraction of sp³-hybridized carbons (Fsp3) is 0.222. The Labute approximate surface area is 206 Å². The number of carbonyl (C=O) groups is 1. The van der Waals surface area contributed by atoms with Gasteiger partial charge in [-0.05, 0) is 62.2 Å². The van der Waals surface area contributed by atoms with Crippen molar-refractivity contribution >= 4 is 39.6 Å². The van der Waals surface area contributed by atoms with E-state index in [4.69, 9.17) is 11.6 Å². The molecule has 0 saturated carbocycles. The second-order valence-electron chi connectivity index (χ2n) is 8.90. The average Bonchev–Trinajstić information content (AvgIpc) is 3.36. The number of benzene rings is 2. The van der Waals surface area contributed by atoms with Crippen LogP contribution < -0.4 is 5.69 Å². The van der Waals surface area contributed by atoms with E-state index in [0.717, 1.165) is 27.7 Å². The monoisotopic (exact) mass is 488 g/mol. The summed E-state index contributed by atoms with van der Waals surface area (Å²) in [6.07, 6.45) is 1.65. The van der Waals surface area contributed by atoms with Crippen LogP contribution in [0.15, 0.2) is 65.6 Å². The molecular weight excluding hydrogens is 464 g/mol. The Morgan fingerprint density at radius 2 is 1.89 bits per heavy atom. The highest BCUT2D eigenvalue weighted by Gasteiger charge is 2.28. The zero-order valence-corrected chi connectivity index (χ0v) is 20.4. The molecule has 0 amide bonds. The zero-order chi connectivity index (χ0) is 24.9. The maximum Gasteiger partial charge on any atom is 0.331 e. The Hall–Kier alpha value is -3.84. The van der Waals surface area contributed by atoms with Gasteiger partial charge in [0.15, 0.2) is 5.65 Å². The van der Waals surface area contributed by atoms with Crippen molar-refractivity contribution < 1.29 is 9.90 Å². The molecule has 0 aliphatic rings. The highest BCUT2D eigenvalue weighted by Crippen LogP contribution is 2.32. The van der Waals surface area contributed by atoms with Crippen molar-refractivity contribution in [2.45, 2.75) is 39.3 Å². The molecule has 0 aliphatic heterocycles. The quantitative estimate of drug-likeness (QED) is 0.324. The summed E-state index contributed by atoms with van der Waals surface area (Å²) < 4.78 is 3.20. The zero-order valence-electron chi connectivity index (χ0n) is 19.6. The van der Waals surface area contributed by atoms with Gasteiger partial charge in [-0.25, -0.2) is 9.78 Å². The number of aromatic amines is 1. The third-order valence-electron chi connectivity index (χ3n) is 6.59. The molecule has 3 heterocycles. The van der Waals surface area contributed by atoms with Gasteiger partial charge in [0, 0.05) is 33.4 Å². The molecule has 2 atom stereocenters. The fourth-order valence-electron chi connectivity index (χ4n) is 4.97. The molecule has 0 fully saturated rings. The number of fused-ring (bicyclic) bond motifs is 2. The van der Waals surface area contributed by atoms with Crippen molar-refractivity contribution in [3.8, 4) is 0 Å². The lowest BCUT2D eigenvalue weighted by molar-refractivity contribution is -0.137. The van der Waals surface area contributed by atoms with Crippen molar-refractivity contribution in [2.24, 2.45) is 0 Å². The van der Waals surface area contributed by atoms with Gasteiger partial charge in [-0.1, -0.05) is 35.9 Å². The van der Waals surface area contributed by atoms with Crippen LogP contribution in [0.2, 0.25) is 5.02 Å². The van der Waals surface area contributed by atoms with Gasteiger partial charge in [0.25, 0.3) is 0 Å². The third kappa shape index (κ3) is 3.91. The number of pyridine rings is 1. The molecule has 3 aromatic heterocycles. The minimum absolute atomic E-state index is 0.282. The minimum Gasteiger partial charge on any atom is -0.481 e. The van der Waals surface area contributed by atoms with Crippen molar-refractivity contribution in [1.82, 2.24) is 19.1 Å². The molecule has 0 saturated heterocycles. The smallest absolute Gasteiger partial charge is 0.331 e. The molecule has 0 aliphatic carbocycles. The summed E-state index contributed by atoms with van der Waals surface area (Å²) in [5, 5.41) is 11.3. The van der Waals surface area contributed by atoms with Crippen molar-refractivity contribution in [3.05, 3.63) is 98.7 Å². The number of aryl methyl sites for hydroxylation is 2. The van der Waals surface area contributed by atoms with E-state index < -0.39 is 12.0 Å². The summed E-state index contributed by atoms with van der Waals surface area (Å²) in [7, 11) is 0. The molecule has 7 nitrogen and oxygen atoms in total. The number of aromatic nitrogens is 4. The van der Waals surface area contributed by atoms with E-state index in [2.05, 4.69) is 9.97 Å². The first-order valence-electron chi connectivity index (χ1n) is 11.4. The van der Waals surface area contributed by atoms with Crippen LogP contribution in [0.1, 0.15) is 47.8 Å². The number of rotatable bonds is 6. The molecule has 2 unspecified atom stereocenters. The lowest BCUT2D eigenvalue weighted by Crippen LogP contribution is -2.31. The van der Waals surface area contributed by atoms with Crippen LogP contribution in [0.5, 0.6) is 0 Å². The molecule has 5 aromatic rings. The summed E-state index contributed by atoms with van der Waals surface area (Å²) >= 11 is 6.23. The van der Waals surface area contributed by atoms with Crippen LogP contribution >= 0.6 is 11.6 Å². The maximum atomic E-state index is 14.1. The Morgan fingerprint density at radius 1 is 1.11 bits per heavy atom. The molecule has 8 heteroatoms. The molecule has 178 valence electrons. The summed E-state index contributed by atoms with van der Waals surface area (Å²) in [6, 6.07) is 15.7. The Bertz CT molecular complexity index is 1650. The lowest BCUT2D eigenvalue weighted by atomic mass is 10.0. The van der Waals surface area contributed by atoms with Gasteiger partial charge in [-0.2, -0.15) is 0 Å². The Morgan fingerprint density at radius 3 is 2.63 bits per heavy atom. The highest BCUT2D eigenvalue weighted by molar-refractivity contribution is 6.30. The van der Waals surface area contributed by atoms with Crippen LogP contribution in [-0.2, 0) is 4.79 Å². The molecule has 5 rings (SSSR count). The van der Waals surface area contributed by atoms with Gasteiger partial charge in [-0.15, -0.1) is 0 Å². The molecule has 0 bridgehead atoms. The van der Waals surface area contributed by atoms with E-state index in [0.29, 0.717) is 21.7 Å². The number of hydrogen-bond acceptors (Lipinski definition) is 3. The third-order valence-corrected chi connectivity index (χ3v) is 6.82. The fourth-order valence-corrected chi connectivity index (χ4v) is 5.17. The minimum atomic E-state index is -1.02. The first kappa shape index (κ1) is 22.9. The molecule has 0 spiro atoms. The normalized spacial score (nSPS) is 13.4. The van der Waals surface area contributed by atoms with E-state index in [9.17, 15) is 14.7 Å². The number of H-pyrrole nitrogens is 1. The van der Waals surface area contributed by atoms with Crippen LogP contribution in [0.3, 0.4) is 0 Å². The molecular formula is C27H25ClN4O3. The number of halogens is 1. The van der Waals surface area contributed by atoms with E-state index in [1.807, 2.05) is 57.3 Å². The van der Waals surface area contributed by atoms with Gasteiger partial charge < -0.3 is 10.1 Å². The number of aliphatic carboxylic acids is 1. The predicted molar refractivity (Wildman–Crippen MR) is 137 cm³/mol. The van der Waals surface area contributed by atoms with Crippen LogP contribution in [0.4, 0.5) is 0 Å². The van der Waals surface area contributed by atoms with Gasteiger partial charge in [0.05, 0.1) is 24.0 Å². The average molecular weight is 489 g/mol. The summed E-state index contributed by atoms with van der Waals surface area (Å²) in [5.74, 6) is -1.02. The number of carboxylic acids is 1. The second-order valence-corrected chi connectivity index (χ2v) is 9.34. The molecule has 2 aromatic carbocycles. The standard InChI is InChI=1S/C27H25ClN4O3/c1-15-6-4-9-21-25(15)20(14-29-21)17(3)31-22-11-10-16(2)30-26(22)32(27(31)35)23(13-24(33)34)18-7-5-8-19(28)12-18/h4-12,14,17,23,29H,13H2,1-3H3,(H,33,34). The lowest BCUT2D eigenvalue weighted by Gasteiger charge is -2.18. The summed E-state index contributed by atoms with van der Waals surface area (Å²) in [4.78, 5) is 34.0. The van der Waals surface area contributed by atoms with Gasteiger partial charge >= 0.3 is 11.7 Å². The first-order chi connectivity index (χ1) is 16.8. The molecule has 0 radical (unpaired) electrons. The number of carboxylic acid groups (broad SMARTS) is 1. The van der Waals surface area contributed by atoms with E-state index in [1.165, 1.54) is 4.57 Å². The maximum absolute atomic E-state index is 14.1. The Balaban J connectivity index is 1.79. The number of nitrogens with zero attached hydrogens (tertiary/aromatic N) is 3. The largest absolute Gasteiger partial charge is 0.481 e. The second kappa shape index (κ2) is 8.74. The SMILES string of the molecule is Cc1ccc2c(n1)n(C(CC(=O)O)c1cccc(Cl)c1)c(=O)n2C(C)c1c[nH]c2cccc(C)c12. The topological polar surface area (TPSA) is 92.9 Å². The summed E-state index contributed by atoms with van der Waals surface area (Å²) in [5.41, 5.74) is 5.24. The predicted octanol–water partition coefficient (Wildman–Crippen LogP) is 5.62. The van der Waals surface area contributed by atoms with Crippen molar-refractivity contribution in [2.75, 3.05) is 0 Å². The number of nitrogens with one attached hydrogen (secondary N) is 1. The van der Waals surface area contributed by atoms with E-state index in [-0.39, 0.29) is 18.2 Å². The van der Waals surface area contributed by atoms with E-state index in [1.54, 1.807) is 28.8 Å². The van der Waals surface area contributed by atoms with Gasteiger partial charge in [-0.3, -0.25) is 13.9 Å².